The first-order valence-electron chi connectivity index (χ1n) is 9.68. The summed E-state index contributed by atoms with van der Waals surface area (Å²) in [6, 6.07) is 15.2. The van der Waals surface area contributed by atoms with Crippen molar-refractivity contribution in [3.63, 3.8) is 0 Å². The second-order valence-electron chi connectivity index (χ2n) is 6.46. The van der Waals surface area contributed by atoms with Crippen molar-refractivity contribution in [3.05, 3.63) is 53.6 Å². The highest BCUT2D eigenvalue weighted by Crippen LogP contribution is 2.30. The molecule has 6 nitrogen and oxygen atoms in total. The number of pyridine rings is 1. The van der Waals surface area contributed by atoms with Gasteiger partial charge in [0.2, 0.25) is 5.91 Å². The Hall–Kier alpha value is -3.24. The highest BCUT2D eigenvalue weighted by Gasteiger charge is 2.14. The molecule has 2 aromatic carbocycles. The molecule has 0 aliphatic rings. The van der Waals surface area contributed by atoms with Crippen LogP contribution in [0.4, 0.5) is 5.69 Å². The van der Waals surface area contributed by atoms with Gasteiger partial charge in [0.25, 0.3) is 0 Å². The van der Waals surface area contributed by atoms with Gasteiger partial charge in [-0.3, -0.25) is 4.79 Å². The molecule has 3 rings (SSSR count). The molecule has 0 spiro atoms. The van der Waals surface area contributed by atoms with Crippen molar-refractivity contribution < 1.29 is 14.3 Å². The minimum atomic E-state index is -0.217. The van der Waals surface area contributed by atoms with Crippen LogP contribution in [0.5, 0.6) is 11.5 Å². The number of carbonyl (C=O) groups excluding carboxylic acids is 1. The van der Waals surface area contributed by atoms with E-state index < -0.39 is 0 Å². The Balaban J connectivity index is 1.77. The van der Waals surface area contributed by atoms with Gasteiger partial charge in [-0.1, -0.05) is 30.0 Å². The van der Waals surface area contributed by atoms with E-state index in [0.29, 0.717) is 41.0 Å². The zero-order chi connectivity index (χ0) is 21.5. The fraction of sp³-hybridized carbons (Fsp3) is 0.261. The van der Waals surface area contributed by atoms with Gasteiger partial charge in [0.05, 0.1) is 35.7 Å². The molecule has 0 fully saturated rings. The average Bonchev–Trinajstić information content (AvgIpc) is 2.74. The number of rotatable bonds is 8. The summed E-state index contributed by atoms with van der Waals surface area (Å²) in [6.45, 7) is 6.77. The van der Waals surface area contributed by atoms with Crippen LogP contribution in [-0.2, 0) is 4.79 Å². The Morgan fingerprint density at radius 2 is 1.97 bits per heavy atom. The van der Waals surface area contributed by atoms with Crippen molar-refractivity contribution in [1.29, 1.82) is 5.26 Å². The monoisotopic (exact) mass is 421 g/mol. The Labute approximate surface area is 180 Å². The molecule has 0 saturated carbocycles. The summed E-state index contributed by atoms with van der Waals surface area (Å²) >= 11 is 1.24. The number of para-hydroxylation sites is 1. The molecule has 0 unspecified atom stereocenters. The molecule has 0 atom stereocenters. The predicted molar refractivity (Wildman–Crippen MR) is 119 cm³/mol. The second kappa shape index (κ2) is 9.99. The molecule has 1 N–H and O–H groups in total. The summed E-state index contributed by atoms with van der Waals surface area (Å²) < 4.78 is 11.1. The van der Waals surface area contributed by atoms with E-state index in [1.807, 2.05) is 45.0 Å². The maximum atomic E-state index is 12.6. The topological polar surface area (TPSA) is 84.2 Å². The van der Waals surface area contributed by atoms with Gasteiger partial charge in [-0.25, -0.2) is 4.98 Å². The van der Waals surface area contributed by atoms with Crippen molar-refractivity contribution in [3.8, 4) is 17.6 Å². The van der Waals surface area contributed by atoms with E-state index in [2.05, 4.69) is 16.4 Å². The molecule has 3 aromatic rings. The van der Waals surface area contributed by atoms with E-state index in [-0.39, 0.29) is 11.7 Å². The van der Waals surface area contributed by atoms with Gasteiger partial charge < -0.3 is 14.8 Å². The third-order valence-corrected chi connectivity index (χ3v) is 5.30. The molecule has 1 aromatic heterocycles. The molecule has 0 aliphatic heterocycles. The molecule has 7 heteroatoms. The number of amides is 1. The fourth-order valence-corrected chi connectivity index (χ4v) is 3.74. The number of carbonyl (C=O) groups is 1. The summed E-state index contributed by atoms with van der Waals surface area (Å²) in [5.74, 6) is 1.13. The van der Waals surface area contributed by atoms with Crippen LogP contribution in [0.15, 0.2) is 47.5 Å². The molecule has 0 bridgehead atoms. The van der Waals surface area contributed by atoms with Crippen LogP contribution in [-0.4, -0.2) is 29.9 Å². The van der Waals surface area contributed by atoms with Crippen molar-refractivity contribution in [1.82, 2.24) is 4.98 Å². The summed E-state index contributed by atoms with van der Waals surface area (Å²) in [7, 11) is 0. The lowest BCUT2D eigenvalue weighted by molar-refractivity contribution is -0.113. The summed E-state index contributed by atoms with van der Waals surface area (Å²) in [6.07, 6.45) is 0. The van der Waals surface area contributed by atoms with E-state index in [4.69, 9.17) is 9.47 Å². The number of hydrogen-bond donors (Lipinski definition) is 1. The summed E-state index contributed by atoms with van der Waals surface area (Å²) in [4.78, 5) is 17.2. The molecule has 1 heterocycles. The van der Waals surface area contributed by atoms with Gasteiger partial charge in [-0.15, -0.1) is 0 Å². The summed E-state index contributed by atoms with van der Waals surface area (Å²) in [5, 5.41) is 13.8. The second-order valence-corrected chi connectivity index (χ2v) is 7.42. The van der Waals surface area contributed by atoms with Crippen molar-refractivity contribution in [2.45, 2.75) is 25.8 Å². The maximum Gasteiger partial charge on any atom is 0.234 e. The van der Waals surface area contributed by atoms with Crippen LogP contribution in [0.3, 0.4) is 0 Å². The molecular formula is C23H23N3O3S. The third kappa shape index (κ3) is 5.02. The lowest BCUT2D eigenvalue weighted by atomic mass is 10.1. The largest absolute Gasteiger partial charge is 0.494 e. The number of nitrogens with zero attached hydrogens (tertiary/aromatic N) is 2. The van der Waals surface area contributed by atoms with Crippen LogP contribution in [0.25, 0.3) is 10.9 Å². The smallest absolute Gasteiger partial charge is 0.234 e. The SMILES string of the molecule is CCOc1ccc(OCC)c(NC(=O)CSc2nc3c(C)cccc3cc2C#N)c1. The van der Waals surface area contributed by atoms with Crippen LogP contribution in [0, 0.1) is 18.3 Å². The van der Waals surface area contributed by atoms with E-state index in [9.17, 15) is 10.1 Å². The normalized spacial score (nSPS) is 10.5. The zero-order valence-electron chi connectivity index (χ0n) is 17.2. The lowest BCUT2D eigenvalue weighted by Crippen LogP contribution is -2.15. The number of aromatic nitrogens is 1. The van der Waals surface area contributed by atoms with Crippen LogP contribution in [0.1, 0.15) is 25.0 Å². The number of nitriles is 1. The van der Waals surface area contributed by atoms with Gasteiger partial charge in [-0.2, -0.15) is 5.26 Å². The minimum Gasteiger partial charge on any atom is -0.494 e. The number of fused-ring (bicyclic) bond motifs is 1. The first kappa shape index (κ1) is 21.5. The standard InChI is InChI=1S/C23H23N3O3S/c1-4-28-18-9-10-20(29-5-2)19(12-18)25-21(27)14-30-23-17(13-24)11-16-8-6-7-15(3)22(16)26-23/h6-12H,4-5,14H2,1-3H3,(H,25,27). The molecule has 0 aliphatic carbocycles. The highest BCUT2D eigenvalue weighted by molar-refractivity contribution is 8.00. The Bertz CT molecular complexity index is 1110. The number of thioether (sulfide) groups is 1. The van der Waals surface area contributed by atoms with Crippen LogP contribution < -0.4 is 14.8 Å². The van der Waals surface area contributed by atoms with Gasteiger partial charge in [0.1, 0.15) is 22.6 Å². The van der Waals surface area contributed by atoms with E-state index in [0.717, 1.165) is 16.5 Å². The number of ether oxygens (including phenoxy) is 2. The molecule has 30 heavy (non-hydrogen) atoms. The molecule has 1 amide bonds. The molecule has 0 saturated heterocycles. The van der Waals surface area contributed by atoms with Crippen molar-refractivity contribution in [2.75, 3.05) is 24.3 Å². The van der Waals surface area contributed by atoms with E-state index in [1.165, 1.54) is 11.8 Å². The molecule has 0 radical (unpaired) electrons. The van der Waals surface area contributed by atoms with E-state index in [1.54, 1.807) is 18.2 Å². The maximum absolute atomic E-state index is 12.6. The van der Waals surface area contributed by atoms with Gasteiger partial charge >= 0.3 is 0 Å². The Kier molecular flexibility index (Phi) is 7.15. The minimum absolute atomic E-state index is 0.115. The van der Waals surface area contributed by atoms with Gasteiger partial charge in [0.15, 0.2) is 0 Å². The Morgan fingerprint density at radius 1 is 1.17 bits per heavy atom. The fourth-order valence-electron chi connectivity index (χ4n) is 2.98. The van der Waals surface area contributed by atoms with Crippen molar-refractivity contribution >= 4 is 34.3 Å². The summed E-state index contributed by atoms with van der Waals surface area (Å²) in [5.41, 5.74) is 2.87. The predicted octanol–water partition coefficient (Wildman–Crippen LogP) is 4.94. The first-order valence-corrected chi connectivity index (χ1v) is 10.7. The first-order chi connectivity index (χ1) is 14.5. The van der Waals surface area contributed by atoms with Crippen LogP contribution in [0.2, 0.25) is 0 Å². The number of aryl methyl sites for hydroxylation is 1. The Morgan fingerprint density at radius 3 is 2.70 bits per heavy atom. The number of benzene rings is 2. The number of hydrogen-bond acceptors (Lipinski definition) is 6. The molecule has 154 valence electrons. The zero-order valence-corrected chi connectivity index (χ0v) is 18.0. The third-order valence-electron chi connectivity index (χ3n) is 4.31. The quantitative estimate of drug-likeness (QED) is 0.519. The van der Waals surface area contributed by atoms with Crippen LogP contribution >= 0.6 is 11.8 Å². The van der Waals surface area contributed by atoms with Gasteiger partial charge in [0, 0.05) is 11.5 Å². The molecular weight excluding hydrogens is 398 g/mol. The lowest BCUT2D eigenvalue weighted by Gasteiger charge is -2.13. The van der Waals surface area contributed by atoms with Gasteiger partial charge in [-0.05, 0) is 44.5 Å². The van der Waals surface area contributed by atoms with E-state index >= 15 is 0 Å². The average molecular weight is 422 g/mol. The number of anilines is 1. The van der Waals surface area contributed by atoms with Crippen molar-refractivity contribution in [2.24, 2.45) is 0 Å². The highest BCUT2D eigenvalue weighted by atomic mass is 32.2. The number of nitrogens with one attached hydrogen (secondary N) is 1.